The fourth-order valence-corrected chi connectivity index (χ4v) is 4.69. The Morgan fingerprint density at radius 1 is 1.21 bits per heavy atom. The van der Waals surface area contributed by atoms with Crippen LogP contribution in [0.2, 0.25) is 0 Å². The zero-order chi connectivity index (χ0) is 24.5. The van der Waals surface area contributed by atoms with Crippen molar-refractivity contribution >= 4 is 29.1 Å². The van der Waals surface area contributed by atoms with Crippen LogP contribution >= 0.6 is 11.3 Å². The molecule has 0 spiro atoms. The molecule has 8 nitrogen and oxygen atoms in total. The van der Waals surface area contributed by atoms with Crippen LogP contribution < -0.4 is 10.6 Å². The van der Waals surface area contributed by atoms with Crippen molar-refractivity contribution in [2.45, 2.75) is 59.2 Å². The molecular formula is C24H34N4O4S. The van der Waals surface area contributed by atoms with E-state index in [0.29, 0.717) is 19.5 Å². The molecule has 33 heavy (non-hydrogen) atoms. The lowest BCUT2D eigenvalue weighted by atomic mass is 10.0. The lowest BCUT2D eigenvalue weighted by molar-refractivity contribution is -0.142. The Labute approximate surface area is 199 Å². The Kier molecular flexibility index (Phi) is 9.99. The third kappa shape index (κ3) is 6.85. The van der Waals surface area contributed by atoms with Crippen LogP contribution in [0, 0.1) is 12.8 Å². The fourth-order valence-electron chi connectivity index (χ4n) is 3.87. The van der Waals surface area contributed by atoms with Crippen molar-refractivity contribution in [3.63, 3.8) is 0 Å². The van der Waals surface area contributed by atoms with E-state index in [1.807, 2.05) is 50.5 Å². The van der Waals surface area contributed by atoms with Gasteiger partial charge in [-0.2, -0.15) is 0 Å². The van der Waals surface area contributed by atoms with Crippen LogP contribution in [0.4, 0.5) is 0 Å². The van der Waals surface area contributed by atoms with E-state index < -0.39 is 12.1 Å². The number of benzene rings is 1. The normalized spacial score (nSPS) is 16.1. The Hall–Kier alpha value is -2.78. The summed E-state index contributed by atoms with van der Waals surface area (Å²) in [5.41, 5.74) is 4.95. The van der Waals surface area contributed by atoms with E-state index in [1.165, 1.54) is 6.92 Å². The number of hydrogen-bond acceptors (Lipinski definition) is 6. The molecule has 1 aromatic heterocycles. The first-order valence-corrected chi connectivity index (χ1v) is 11.9. The number of aromatic nitrogens is 1. The van der Waals surface area contributed by atoms with Crippen molar-refractivity contribution in [3.8, 4) is 10.4 Å². The predicted octanol–water partition coefficient (Wildman–Crippen LogP) is 2.49. The molecule has 180 valence electrons. The van der Waals surface area contributed by atoms with Gasteiger partial charge in [0.25, 0.3) is 0 Å². The Morgan fingerprint density at radius 3 is 2.42 bits per heavy atom. The summed E-state index contributed by atoms with van der Waals surface area (Å²) >= 11 is 1.61. The smallest absolute Gasteiger partial charge is 0.246 e. The molecule has 2 atom stereocenters. The largest absolute Gasteiger partial charge is 0.400 e. The van der Waals surface area contributed by atoms with Crippen LogP contribution in [0.3, 0.4) is 0 Å². The third-order valence-corrected chi connectivity index (χ3v) is 6.54. The minimum absolute atomic E-state index is 0.0543. The number of rotatable bonds is 7. The minimum atomic E-state index is -0.617. The van der Waals surface area contributed by atoms with Crippen LogP contribution in [-0.4, -0.2) is 58.5 Å². The van der Waals surface area contributed by atoms with E-state index in [1.54, 1.807) is 16.2 Å². The number of amides is 3. The van der Waals surface area contributed by atoms with Crippen LogP contribution in [0.5, 0.6) is 0 Å². The number of thiazole rings is 1. The summed E-state index contributed by atoms with van der Waals surface area (Å²) in [6, 6.07) is 6.95. The lowest BCUT2D eigenvalue weighted by Gasteiger charge is -2.30. The van der Waals surface area contributed by atoms with Crippen molar-refractivity contribution in [2.75, 3.05) is 13.7 Å². The highest BCUT2D eigenvalue weighted by Gasteiger charge is 2.38. The first kappa shape index (κ1) is 26.5. The quantitative estimate of drug-likeness (QED) is 0.571. The molecule has 9 heteroatoms. The SMILES string of the molecule is CC(=O)NC(C(=O)N1CCCC1C(=O)NCc1ccc(-c2scnc2C)cc1)C(C)C.CO. The maximum absolute atomic E-state index is 13.0. The first-order valence-electron chi connectivity index (χ1n) is 11.1. The molecule has 1 aromatic carbocycles. The zero-order valence-corrected chi connectivity index (χ0v) is 20.7. The zero-order valence-electron chi connectivity index (χ0n) is 19.9. The number of nitrogens with zero attached hydrogens (tertiary/aromatic N) is 2. The fraction of sp³-hybridized carbons (Fsp3) is 0.500. The molecule has 1 aliphatic rings. The standard InChI is InChI=1S/C23H30N4O3S.CH4O/c1-14(2)20(26-16(4)28)23(30)27-11-5-6-19(27)22(29)24-12-17-7-9-18(10-8-17)21-15(3)25-13-31-21;1-2/h7-10,13-14,19-20H,5-6,11-12H2,1-4H3,(H,24,29)(H,26,28);2H,1H3. The van der Waals surface area contributed by atoms with E-state index in [2.05, 4.69) is 15.6 Å². The van der Waals surface area contributed by atoms with Crippen LogP contribution in [0.1, 0.15) is 44.9 Å². The van der Waals surface area contributed by atoms with Gasteiger partial charge >= 0.3 is 0 Å². The van der Waals surface area contributed by atoms with Crippen molar-refractivity contribution in [3.05, 3.63) is 41.0 Å². The molecule has 0 saturated carbocycles. The summed E-state index contributed by atoms with van der Waals surface area (Å²) in [5.74, 6) is -0.642. The highest BCUT2D eigenvalue weighted by atomic mass is 32.1. The molecule has 1 saturated heterocycles. The number of nitrogens with one attached hydrogen (secondary N) is 2. The maximum atomic E-state index is 13.0. The summed E-state index contributed by atoms with van der Waals surface area (Å²) < 4.78 is 0. The molecule has 0 radical (unpaired) electrons. The number of carbonyl (C=O) groups excluding carboxylic acids is 3. The molecule has 3 N–H and O–H groups in total. The highest BCUT2D eigenvalue weighted by molar-refractivity contribution is 7.13. The topological polar surface area (TPSA) is 112 Å². The van der Waals surface area contributed by atoms with Gasteiger partial charge in [-0.25, -0.2) is 4.98 Å². The van der Waals surface area contributed by atoms with Crippen molar-refractivity contribution in [2.24, 2.45) is 5.92 Å². The first-order chi connectivity index (χ1) is 15.8. The number of aliphatic hydroxyl groups is 1. The molecule has 3 amide bonds. The van der Waals surface area contributed by atoms with Gasteiger partial charge in [-0.15, -0.1) is 11.3 Å². The molecular weight excluding hydrogens is 440 g/mol. The van der Waals surface area contributed by atoms with Gasteiger partial charge in [0, 0.05) is 27.1 Å². The van der Waals surface area contributed by atoms with Crippen LogP contribution in [0.25, 0.3) is 10.4 Å². The Bertz CT molecular complexity index is 942. The van der Waals surface area contributed by atoms with E-state index in [4.69, 9.17) is 5.11 Å². The van der Waals surface area contributed by atoms with Gasteiger partial charge in [-0.05, 0) is 36.8 Å². The number of carbonyl (C=O) groups is 3. The molecule has 2 heterocycles. The van der Waals surface area contributed by atoms with E-state index in [0.717, 1.165) is 35.2 Å². The highest BCUT2D eigenvalue weighted by Crippen LogP contribution is 2.27. The van der Waals surface area contributed by atoms with Crippen molar-refractivity contribution in [1.29, 1.82) is 0 Å². The van der Waals surface area contributed by atoms with Gasteiger partial charge in [-0.3, -0.25) is 14.4 Å². The van der Waals surface area contributed by atoms with Crippen molar-refractivity contribution in [1.82, 2.24) is 20.5 Å². The maximum Gasteiger partial charge on any atom is 0.246 e. The van der Waals surface area contributed by atoms with Gasteiger partial charge < -0.3 is 20.6 Å². The Balaban J connectivity index is 0.00000187. The number of likely N-dealkylation sites (tertiary alicyclic amines) is 1. The lowest BCUT2D eigenvalue weighted by Crippen LogP contribution is -2.54. The molecule has 2 aromatic rings. The predicted molar refractivity (Wildman–Crippen MR) is 129 cm³/mol. The molecule has 1 aliphatic heterocycles. The second-order valence-electron chi connectivity index (χ2n) is 8.29. The van der Waals surface area contributed by atoms with Gasteiger partial charge in [-0.1, -0.05) is 38.1 Å². The van der Waals surface area contributed by atoms with Crippen molar-refractivity contribution < 1.29 is 19.5 Å². The summed E-state index contributed by atoms with van der Waals surface area (Å²) in [7, 11) is 1.00. The molecule has 3 rings (SSSR count). The summed E-state index contributed by atoms with van der Waals surface area (Å²) in [4.78, 5) is 44.4. The van der Waals surface area contributed by atoms with Crippen LogP contribution in [-0.2, 0) is 20.9 Å². The summed E-state index contributed by atoms with van der Waals surface area (Å²) in [5, 5.41) is 12.7. The average Bonchev–Trinajstić information content (AvgIpc) is 3.46. The number of hydrogen-bond donors (Lipinski definition) is 3. The van der Waals surface area contributed by atoms with Gasteiger partial charge in [0.2, 0.25) is 17.7 Å². The van der Waals surface area contributed by atoms with E-state index in [9.17, 15) is 14.4 Å². The molecule has 1 fully saturated rings. The second-order valence-corrected chi connectivity index (χ2v) is 9.15. The summed E-state index contributed by atoms with van der Waals surface area (Å²) in [6.45, 7) is 8.10. The minimum Gasteiger partial charge on any atom is -0.400 e. The van der Waals surface area contributed by atoms with Crippen LogP contribution in [0.15, 0.2) is 29.8 Å². The van der Waals surface area contributed by atoms with E-state index in [-0.39, 0.29) is 23.6 Å². The molecule has 0 aliphatic carbocycles. The molecule has 2 unspecified atom stereocenters. The summed E-state index contributed by atoms with van der Waals surface area (Å²) in [6.07, 6.45) is 1.41. The third-order valence-electron chi connectivity index (χ3n) is 5.56. The van der Waals surface area contributed by atoms with Gasteiger partial charge in [0.1, 0.15) is 12.1 Å². The average molecular weight is 475 g/mol. The monoisotopic (exact) mass is 474 g/mol. The number of aliphatic hydroxyl groups excluding tert-OH is 1. The Morgan fingerprint density at radius 2 is 1.88 bits per heavy atom. The number of aryl methyl sites for hydroxylation is 1. The second kappa shape index (κ2) is 12.5. The van der Waals surface area contributed by atoms with Gasteiger partial charge in [0.15, 0.2) is 0 Å². The molecule has 0 bridgehead atoms. The van der Waals surface area contributed by atoms with E-state index >= 15 is 0 Å². The van der Waals surface area contributed by atoms with Gasteiger partial charge in [0.05, 0.1) is 16.1 Å².